The molecule has 178 valence electrons. The lowest BCUT2D eigenvalue weighted by Gasteiger charge is -2.08. The summed E-state index contributed by atoms with van der Waals surface area (Å²) in [5.41, 5.74) is 1.11. The molecule has 0 spiro atoms. The Labute approximate surface area is 202 Å². The first-order valence-electron chi connectivity index (χ1n) is 10.8. The maximum Gasteiger partial charge on any atom is 0.347 e. The van der Waals surface area contributed by atoms with Crippen molar-refractivity contribution < 1.29 is 28.2 Å². The third-order valence-corrected chi connectivity index (χ3v) is 5.36. The predicted molar refractivity (Wildman–Crippen MR) is 133 cm³/mol. The number of ether oxygens (including phenoxy) is 4. The highest BCUT2D eigenvalue weighted by Gasteiger charge is 2.13. The highest BCUT2D eigenvalue weighted by molar-refractivity contribution is 6.08. The molecule has 4 rings (SSSR count). The van der Waals surface area contributed by atoms with Crippen LogP contribution >= 0.6 is 0 Å². The SMILES string of the molecule is COc1cccc(COc2ccc3cc(C(=O)/C=C/c4cc(OC)ccc4OC)c(=O)oc3c2)c1. The molecule has 3 aromatic carbocycles. The maximum atomic E-state index is 12.8. The van der Waals surface area contributed by atoms with Crippen LogP contribution in [0.3, 0.4) is 0 Å². The molecule has 0 bridgehead atoms. The molecule has 0 N–H and O–H groups in total. The lowest BCUT2D eigenvalue weighted by molar-refractivity contribution is 0.104. The van der Waals surface area contributed by atoms with E-state index in [-0.39, 0.29) is 5.56 Å². The third-order valence-electron chi connectivity index (χ3n) is 5.36. The molecule has 0 aliphatic heterocycles. The number of methoxy groups -OCH3 is 3. The van der Waals surface area contributed by atoms with E-state index in [9.17, 15) is 9.59 Å². The van der Waals surface area contributed by atoms with Crippen LogP contribution in [0, 0.1) is 0 Å². The lowest BCUT2D eigenvalue weighted by Crippen LogP contribution is -2.12. The van der Waals surface area contributed by atoms with Gasteiger partial charge in [0.2, 0.25) is 0 Å². The van der Waals surface area contributed by atoms with E-state index in [0.29, 0.717) is 40.4 Å². The summed E-state index contributed by atoms with van der Waals surface area (Å²) in [7, 11) is 4.69. The fourth-order valence-corrected chi connectivity index (χ4v) is 3.51. The van der Waals surface area contributed by atoms with Gasteiger partial charge in [-0.1, -0.05) is 12.1 Å². The van der Waals surface area contributed by atoms with Crippen molar-refractivity contribution in [1.82, 2.24) is 0 Å². The van der Waals surface area contributed by atoms with Crippen molar-refractivity contribution in [3.8, 4) is 23.0 Å². The van der Waals surface area contributed by atoms with E-state index in [2.05, 4.69) is 0 Å². The molecule has 0 amide bonds. The van der Waals surface area contributed by atoms with Gasteiger partial charge in [0.25, 0.3) is 0 Å². The molecule has 7 heteroatoms. The van der Waals surface area contributed by atoms with Gasteiger partial charge < -0.3 is 23.4 Å². The van der Waals surface area contributed by atoms with Gasteiger partial charge >= 0.3 is 5.63 Å². The molecule has 35 heavy (non-hydrogen) atoms. The van der Waals surface area contributed by atoms with Crippen LogP contribution in [0.1, 0.15) is 21.5 Å². The Morgan fingerprint density at radius 1 is 0.857 bits per heavy atom. The number of allylic oxidation sites excluding steroid dienone is 1. The first kappa shape index (κ1) is 23.6. The molecule has 0 atom stereocenters. The topological polar surface area (TPSA) is 84.2 Å². The smallest absolute Gasteiger partial charge is 0.347 e. The van der Waals surface area contributed by atoms with E-state index < -0.39 is 11.4 Å². The zero-order valence-corrected chi connectivity index (χ0v) is 19.6. The zero-order chi connectivity index (χ0) is 24.8. The molecule has 7 nitrogen and oxygen atoms in total. The quantitative estimate of drug-likeness (QED) is 0.186. The Bertz CT molecular complexity index is 1450. The van der Waals surface area contributed by atoms with Crippen LogP contribution < -0.4 is 24.6 Å². The van der Waals surface area contributed by atoms with Crippen molar-refractivity contribution >= 4 is 22.8 Å². The summed E-state index contributed by atoms with van der Waals surface area (Å²) in [6.07, 6.45) is 2.88. The van der Waals surface area contributed by atoms with Crippen molar-refractivity contribution in [2.45, 2.75) is 6.61 Å². The molecule has 0 unspecified atom stereocenters. The van der Waals surface area contributed by atoms with Gasteiger partial charge in [0.15, 0.2) is 5.78 Å². The van der Waals surface area contributed by atoms with Gasteiger partial charge in [-0.05, 0) is 66.2 Å². The summed E-state index contributed by atoms with van der Waals surface area (Å²) in [6.45, 7) is 0.321. The Morgan fingerprint density at radius 2 is 1.63 bits per heavy atom. The highest BCUT2D eigenvalue weighted by Crippen LogP contribution is 2.26. The van der Waals surface area contributed by atoms with Crippen LogP contribution in [0.5, 0.6) is 23.0 Å². The van der Waals surface area contributed by atoms with Crippen LogP contribution in [0.25, 0.3) is 17.0 Å². The minimum Gasteiger partial charge on any atom is -0.497 e. The Balaban J connectivity index is 1.54. The molecule has 0 fully saturated rings. The average Bonchev–Trinajstić information content (AvgIpc) is 2.89. The number of benzene rings is 3. The molecule has 0 aliphatic rings. The third kappa shape index (κ3) is 5.52. The van der Waals surface area contributed by atoms with E-state index in [1.165, 1.54) is 19.3 Å². The molecular weight excluding hydrogens is 448 g/mol. The molecule has 0 saturated heterocycles. The molecule has 1 aromatic heterocycles. The molecule has 0 saturated carbocycles. The first-order valence-corrected chi connectivity index (χ1v) is 10.8. The van der Waals surface area contributed by atoms with E-state index >= 15 is 0 Å². The Morgan fingerprint density at radius 3 is 2.40 bits per heavy atom. The monoisotopic (exact) mass is 472 g/mol. The van der Waals surface area contributed by atoms with Gasteiger partial charge in [0.05, 0.1) is 21.3 Å². The summed E-state index contributed by atoms with van der Waals surface area (Å²) < 4.78 is 27.0. The first-order chi connectivity index (χ1) is 17.0. The fourth-order valence-electron chi connectivity index (χ4n) is 3.51. The van der Waals surface area contributed by atoms with Gasteiger partial charge in [-0.15, -0.1) is 0 Å². The number of hydrogen-bond donors (Lipinski definition) is 0. The van der Waals surface area contributed by atoms with Crippen molar-refractivity contribution in [2.24, 2.45) is 0 Å². The van der Waals surface area contributed by atoms with E-state index in [1.54, 1.807) is 56.7 Å². The van der Waals surface area contributed by atoms with Crippen LogP contribution in [-0.2, 0) is 6.61 Å². The summed E-state index contributed by atoms with van der Waals surface area (Å²) in [4.78, 5) is 25.3. The molecule has 1 heterocycles. The minimum atomic E-state index is -0.727. The molecule has 0 aliphatic carbocycles. The molecule has 0 radical (unpaired) electrons. The lowest BCUT2D eigenvalue weighted by atomic mass is 10.1. The second-order valence-electron chi connectivity index (χ2n) is 7.59. The number of carbonyl (C=O) groups excluding carboxylic acids is 1. The largest absolute Gasteiger partial charge is 0.497 e. The summed E-state index contributed by atoms with van der Waals surface area (Å²) >= 11 is 0. The molecular formula is C28H24O7. The predicted octanol–water partition coefficient (Wildman–Crippen LogP) is 5.29. The van der Waals surface area contributed by atoms with Crippen molar-refractivity contribution in [3.63, 3.8) is 0 Å². The van der Waals surface area contributed by atoms with Crippen LogP contribution in [0.15, 0.2) is 82.0 Å². The maximum absolute atomic E-state index is 12.8. The van der Waals surface area contributed by atoms with E-state index in [4.69, 9.17) is 23.4 Å². The van der Waals surface area contributed by atoms with Crippen LogP contribution in [0.2, 0.25) is 0 Å². The van der Waals surface area contributed by atoms with E-state index in [0.717, 1.165) is 11.3 Å². The summed E-state index contributed by atoms with van der Waals surface area (Å²) in [5.74, 6) is 1.98. The van der Waals surface area contributed by atoms with Crippen molar-refractivity contribution in [1.29, 1.82) is 0 Å². The van der Waals surface area contributed by atoms with Gasteiger partial charge in [-0.2, -0.15) is 0 Å². The zero-order valence-electron chi connectivity index (χ0n) is 19.6. The van der Waals surface area contributed by atoms with Gasteiger partial charge in [0.1, 0.15) is 40.8 Å². The standard InChI is InChI=1S/C28H24O7/c1-31-21-6-4-5-18(13-21)17-34-23-9-7-20-15-24(28(30)35-27(20)16-23)25(29)11-8-19-14-22(32-2)10-12-26(19)33-3/h4-16H,17H2,1-3H3/b11-8+. The number of carbonyl (C=O) groups is 1. The normalized spacial score (nSPS) is 10.9. The summed E-state index contributed by atoms with van der Waals surface area (Å²) in [5, 5.41) is 0.606. The minimum absolute atomic E-state index is 0.0688. The number of rotatable bonds is 9. The Kier molecular flexibility index (Phi) is 7.16. The van der Waals surface area contributed by atoms with Crippen LogP contribution in [0.4, 0.5) is 0 Å². The summed E-state index contributed by atoms with van der Waals surface area (Å²) in [6, 6.07) is 19.4. The van der Waals surface area contributed by atoms with Gasteiger partial charge in [-0.3, -0.25) is 4.79 Å². The van der Waals surface area contributed by atoms with Gasteiger partial charge in [0, 0.05) is 17.0 Å². The number of ketones is 1. The average molecular weight is 472 g/mol. The number of hydrogen-bond acceptors (Lipinski definition) is 7. The van der Waals surface area contributed by atoms with Crippen LogP contribution in [-0.4, -0.2) is 27.1 Å². The van der Waals surface area contributed by atoms with Crippen molar-refractivity contribution in [3.05, 3.63) is 99.9 Å². The van der Waals surface area contributed by atoms with Crippen molar-refractivity contribution in [2.75, 3.05) is 21.3 Å². The second-order valence-corrected chi connectivity index (χ2v) is 7.59. The molecule has 4 aromatic rings. The number of fused-ring (bicyclic) bond motifs is 1. The van der Waals surface area contributed by atoms with Gasteiger partial charge in [-0.25, -0.2) is 4.79 Å². The van der Waals surface area contributed by atoms with E-state index in [1.807, 2.05) is 24.3 Å². The highest BCUT2D eigenvalue weighted by atomic mass is 16.5. The Hall–Kier alpha value is -4.52. The fraction of sp³-hybridized carbons (Fsp3) is 0.143. The second kappa shape index (κ2) is 10.6.